The molecule has 0 N–H and O–H groups in total. The van der Waals surface area contributed by atoms with Gasteiger partial charge in [-0.2, -0.15) is 4.89 Å². The minimum atomic E-state index is -0.696. The number of hydrogen-bond acceptors (Lipinski definition) is 4. The first kappa shape index (κ1) is 13.8. The molecule has 1 aromatic carbocycles. The average molecular weight is 246 g/mol. The molecule has 0 bridgehead atoms. The van der Waals surface area contributed by atoms with Gasteiger partial charge in [-0.25, -0.2) is 4.79 Å². The third kappa shape index (κ3) is 4.32. The van der Waals surface area contributed by atoms with E-state index < -0.39 is 11.6 Å². The molecule has 0 unspecified atom stereocenters. The normalized spacial score (nSPS) is 10.9. The van der Waals surface area contributed by atoms with Crippen LogP contribution in [0.1, 0.15) is 19.4 Å². The summed E-state index contributed by atoms with van der Waals surface area (Å²) >= 11 is 0. The van der Waals surface area contributed by atoms with E-state index in [1.165, 1.54) is 0 Å². The van der Waals surface area contributed by atoms with Crippen molar-refractivity contribution in [2.24, 2.45) is 0 Å². The van der Waals surface area contributed by atoms with Gasteiger partial charge in [0.25, 0.3) is 0 Å². The van der Waals surface area contributed by atoms with Crippen LogP contribution in [0.4, 0.5) is 0 Å². The van der Waals surface area contributed by atoms with Gasteiger partial charge in [-0.05, 0) is 19.4 Å². The van der Waals surface area contributed by atoms with Crippen LogP contribution in [0.15, 0.2) is 42.7 Å². The topological polar surface area (TPSA) is 44.8 Å². The van der Waals surface area contributed by atoms with Crippen molar-refractivity contribution in [2.75, 3.05) is 0 Å². The highest BCUT2D eigenvalue weighted by atomic mass is 17.2. The van der Waals surface area contributed by atoms with Crippen LogP contribution < -0.4 is 0 Å². The third-order valence-electron chi connectivity index (χ3n) is 2.14. The van der Waals surface area contributed by atoms with Gasteiger partial charge in [0.2, 0.25) is 0 Å². The van der Waals surface area contributed by atoms with Crippen molar-refractivity contribution in [1.82, 2.24) is 0 Å². The van der Waals surface area contributed by atoms with Crippen molar-refractivity contribution in [2.45, 2.75) is 19.4 Å². The Kier molecular flexibility index (Phi) is 4.97. The number of rotatable bonds is 5. The van der Waals surface area contributed by atoms with E-state index in [1.54, 1.807) is 6.11 Å². The maximum absolute atomic E-state index is 10.9. The van der Waals surface area contributed by atoms with E-state index >= 15 is 0 Å². The molecule has 0 atom stereocenters. The van der Waals surface area contributed by atoms with Gasteiger partial charge >= 0.3 is 5.97 Å². The summed E-state index contributed by atoms with van der Waals surface area (Å²) in [6, 6.07) is 9.55. The summed E-state index contributed by atoms with van der Waals surface area (Å²) in [5, 5.41) is 0. The summed E-state index contributed by atoms with van der Waals surface area (Å²) in [6.07, 6.45) is 8.64. The van der Waals surface area contributed by atoms with Crippen LogP contribution in [0.3, 0.4) is 0 Å². The predicted octanol–water partition coefficient (Wildman–Crippen LogP) is 2.52. The SMILES string of the molecule is C#COC(=O)C=COOC(C)(C)c1ccccc1. The first-order valence-electron chi connectivity index (χ1n) is 5.29. The lowest BCUT2D eigenvalue weighted by molar-refractivity contribution is -0.321. The van der Waals surface area contributed by atoms with E-state index in [1.807, 2.05) is 44.2 Å². The number of carbonyl (C=O) groups excluding carboxylic acids is 1. The van der Waals surface area contributed by atoms with Gasteiger partial charge in [-0.1, -0.05) is 36.8 Å². The number of ether oxygens (including phenoxy) is 1. The molecule has 0 heterocycles. The van der Waals surface area contributed by atoms with Crippen molar-refractivity contribution in [3.63, 3.8) is 0 Å². The average Bonchev–Trinajstić information content (AvgIpc) is 2.36. The van der Waals surface area contributed by atoms with Gasteiger partial charge in [0, 0.05) is 0 Å². The molecular weight excluding hydrogens is 232 g/mol. The molecule has 18 heavy (non-hydrogen) atoms. The number of benzene rings is 1. The quantitative estimate of drug-likeness (QED) is 0.200. The van der Waals surface area contributed by atoms with Crippen LogP contribution in [0.2, 0.25) is 0 Å². The number of terminal acetylenes is 1. The van der Waals surface area contributed by atoms with E-state index in [9.17, 15) is 4.79 Å². The predicted molar refractivity (Wildman–Crippen MR) is 65.7 cm³/mol. The molecule has 1 aromatic rings. The van der Waals surface area contributed by atoms with E-state index in [0.29, 0.717) is 0 Å². The van der Waals surface area contributed by atoms with Gasteiger partial charge in [-0.3, -0.25) is 0 Å². The summed E-state index contributed by atoms with van der Waals surface area (Å²) in [7, 11) is 0. The molecule has 0 radical (unpaired) electrons. The van der Waals surface area contributed by atoms with E-state index in [0.717, 1.165) is 17.9 Å². The van der Waals surface area contributed by atoms with Crippen molar-refractivity contribution >= 4 is 5.97 Å². The van der Waals surface area contributed by atoms with Gasteiger partial charge in [-0.15, -0.1) is 0 Å². The summed E-state index contributed by atoms with van der Waals surface area (Å²) in [5.41, 5.74) is 0.311. The zero-order valence-electron chi connectivity index (χ0n) is 10.3. The molecule has 0 spiro atoms. The second kappa shape index (κ2) is 6.48. The van der Waals surface area contributed by atoms with Crippen molar-refractivity contribution in [3.8, 4) is 12.5 Å². The molecule has 1 rings (SSSR count). The second-order valence-corrected chi connectivity index (χ2v) is 3.90. The third-order valence-corrected chi connectivity index (χ3v) is 2.14. The minimum Gasteiger partial charge on any atom is -0.369 e. The van der Waals surface area contributed by atoms with Crippen LogP contribution in [0, 0.1) is 12.5 Å². The monoisotopic (exact) mass is 246 g/mol. The molecule has 4 heteroatoms. The Labute approximate surface area is 106 Å². The highest BCUT2D eigenvalue weighted by molar-refractivity contribution is 5.82. The van der Waals surface area contributed by atoms with Crippen LogP contribution >= 0.6 is 0 Å². The fraction of sp³-hybridized carbons (Fsp3) is 0.214. The van der Waals surface area contributed by atoms with Crippen LogP contribution in [-0.4, -0.2) is 5.97 Å². The molecule has 0 saturated carbocycles. The molecule has 0 saturated heterocycles. The van der Waals surface area contributed by atoms with Crippen molar-refractivity contribution in [3.05, 3.63) is 48.2 Å². The summed E-state index contributed by atoms with van der Waals surface area (Å²) in [5.74, 6) is -0.696. The minimum absolute atomic E-state index is 0.637. The number of hydrogen-bond donors (Lipinski definition) is 0. The Balaban J connectivity index is 2.49. The summed E-state index contributed by atoms with van der Waals surface area (Å²) in [6.45, 7) is 3.69. The van der Waals surface area contributed by atoms with E-state index in [2.05, 4.69) is 4.74 Å². The highest BCUT2D eigenvalue weighted by Gasteiger charge is 2.22. The fourth-order valence-electron chi connectivity index (χ4n) is 1.21. The number of esters is 1. The largest absolute Gasteiger partial charge is 0.369 e. The Bertz CT molecular complexity index is 454. The van der Waals surface area contributed by atoms with Crippen LogP contribution in [0.25, 0.3) is 0 Å². The molecule has 94 valence electrons. The molecule has 0 aliphatic heterocycles. The Hall–Kier alpha value is -2.25. The second-order valence-electron chi connectivity index (χ2n) is 3.90. The zero-order valence-corrected chi connectivity index (χ0v) is 10.3. The van der Waals surface area contributed by atoms with Gasteiger partial charge in [0.15, 0.2) is 0 Å². The smallest absolute Gasteiger partial charge is 0.347 e. The van der Waals surface area contributed by atoms with Gasteiger partial charge in [0.05, 0.1) is 6.08 Å². The Morgan fingerprint density at radius 2 is 2.00 bits per heavy atom. The zero-order chi connectivity index (χ0) is 13.4. The maximum atomic E-state index is 10.9. The Morgan fingerprint density at radius 3 is 2.61 bits per heavy atom. The molecule has 0 aliphatic rings. The van der Waals surface area contributed by atoms with Gasteiger partial charge in [0.1, 0.15) is 18.0 Å². The summed E-state index contributed by atoms with van der Waals surface area (Å²) < 4.78 is 4.23. The molecule has 0 amide bonds. The first-order valence-corrected chi connectivity index (χ1v) is 5.29. The highest BCUT2D eigenvalue weighted by Crippen LogP contribution is 2.24. The van der Waals surface area contributed by atoms with Crippen LogP contribution in [0.5, 0.6) is 0 Å². The lowest BCUT2D eigenvalue weighted by Crippen LogP contribution is -2.20. The molecule has 4 nitrogen and oxygen atoms in total. The molecule has 0 fully saturated rings. The Morgan fingerprint density at radius 1 is 1.33 bits per heavy atom. The van der Waals surface area contributed by atoms with Gasteiger partial charge < -0.3 is 9.62 Å². The molecular formula is C14H14O4. The summed E-state index contributed by atoms with van der Waals surface area (Å²) in [4.78, 5) is 20.9. The number of carbonyl (C=O) groups is 1. The van der Waals surface area contributed by atoms with E-state index in [-0.39, 0.29) is 0 Å². The van der Waals surface area contributed by atoms with E-state index in [4.69, 9.17) is 16.2 Å². The lowest BCUT2D eigenvalue weighted by Gasteiger charge is -2.22. The standard InChI is InChI=1S/C14H14O4/c1-4-16-13(15)10-11-17-18-14(2,3)12-8-6-5-7-9-12/h1,5-11H,2-3H3. The lowest BCUT2D eigenvalue weighted by atomic mass is 9.99. The van der Waals surface area contributed by atoms with Crippen molar-refractivity contribution < 1.29 is 19.3 Å². The molecule has 0 aromatic heterocycles. The van der Waals surface area contributed by atoms with Crippen molar-refractivity contribution in [1.29, 1.82) is 0 Å². The fourth-order valence-corrected chi connectivity index (χ4v) is 1.21. The first-order chi connectivity index (χ1) is 8.56. The maximum Gasteiger partial charge on any atom is 0.347 e. The van der Waals surface area contributed by atoms with Crippen LogP contribution in [-0.2, 0) is 24.9 Å². The molecule has 0 aliphatic carbocycles.